The van der Waals surface area contributed by atoms with Crippen molar-refractivity contribution in [1.82, 2.24) is 14.6 Å². The van der Waals surface area contributed by atoms with Crippen LogP contribution in [0.15, 0.2) is 15.7 Å². The molecule has 8 heteroatoms. The van der Waals surface area contributed by atoms with Gasteiger partial charge in [-0.3, -0.25) is 9.36 Å². The molecule has 1 aliphatic carbocycles. The fraction of sp³-hybridized carbons (Fsp3) is 0.600. The van der Waals surface area contributed by atoms with Crippen LogP contribution in [-0.2, 0) is 0 Å². The SMILES string of the molecule is CCN[C@@H](C)[C@H]1CCN(c2c(F)cc3c(=O)n(N)c(=O)n(C4CC4)c3c2C)C1. The van der Waals surface area contributed by atoms with Gasteiger partial charge in [0, 0.05) is 30.7 Å². The van der Waals surface area contributed by atoms with Crippen LogP contribution in [0.2, 0.25) is 0 Å². The van der Waals surface area contributed by atoms with Crippen LogP contribution in [0.5, 0.6) is 0 Å². The molecule has 2 heterocycles. The second-order valence-electron chi connectivity index (χ2n) is 8.13. The van der Waals surface area contributed by atoms with E-state index in [0.29, 0.717) is 33.4 Å². The average molecular weight is 389 g/mol. The van der Waals surface area contributed by atoms with Gasteiger partial charge in [0.25, 0.3) is 5.56 Å². The number of halogens is 1. The third-order valence-electron chi connectivity index (χ3n) is 6.25. The molecule has 1 saturated heterocycles. The molecule has 7 nitrogen and oxygen atoms in total. The molecule has 0 radical (unpaired) electrons. The van der Waals surface area contributed by atoms with Crippen molar-refractivity contribution in [2.45, 2.75) is 52.1 Å². The van der Waals surface area contributed by atoms with E-state index in [0.717, 1.165) is 38.9 Å². The van der Waals surface area contributed by atoms with E-state index in [2.05, 4.69) is 24.1 Å². The van der Waals surface area contributed by atoms with Gasteiger partial charge >= 0.3 is 5.69 Å². The summed E-state index contributed by atoms with van der Waals surface area (Å²) in [5.74, 6) is 5.68. The van der Waals surface area contributed by atoms with E-state index in [1.54, 1.807) is 11.5 Å². The van der Waals surface area contributed by atoms with Gasteiger partial charge < -0.3 is 16.1 Å². The second-order valence-corrected chi connectivity index (χ2v) is 8.13. The maximum absolute atomic E-state index is 15.1. The number of benzene rings is 1. The summed E-state index contributed by atoms with van der Waals surface area (Å²) in [7, 11) is 0. The lowest BCUT2D eigenvalue weighted by Crippen LogP contribution is -2.44. The van der Waals surface area contributed by atoms with Crippen LogP contribution < -0.4 is 27.3 Å². The average Bonchev–Trinajstić information content (AvgIpc) is 3.38. The Morgan fingerprint density at radius 1 is 1.32 bits per heavy atom. The molecule has 2 aliphatic rings. The van der Waals surface area contributed by atoms with Crippen molar-refractivity contribution in [3.63, 3.8) is 0 Å². The van der Waals surface area contributed by atoms with Crippen LogP contribution in [0.3, 0.4) is 0 Å². The largest absolute Gasteiger partial charge is 0.369 e. The molecule has 0 unspecified atom stereocenters. The molecular weight excluding hydrogens is 361 g/mol. The predicted molar refractivity (Wildman–Crippen MR) is 109 cm³/mol. The van der Waals surface area contributed by atoms with Crippen molar-refractivity contribution in [2.75, 3.05) is 30.4 Å². The van der Waals surface area contributed by atoms with Crippen LogP contribution in [0, 0.1) is 18.7 Å². The summed E-state index contributed by atoms with van der Waals surface area (Å²) in [6.45, 7) is 8.46. The van der Waals surface area contributed by atoms with Crippen LogP contribution >= 0.6 is 0 Å². The van der Waals surface area contributed by atoms with Crippen molar-refractivity contribution in [2.24, 2.45) is 5.92 Å². The number of nitrogens with two attached hydrogens (primary N) is 1. The van der Waals surface area contributed by atoms with Gasteiger partial charge in [0.1, 0.15) is 5.82 Å². The summed E-state index contributed by atoms with van der Waals surface area (Å²) >= 11 is 0. The maximum atomic E-state index is 15.1. The minimum Gasteiger partial charge on any atom is -0.369 e. The van der Waals surface area contributed by atoms with Crippen LogP contribution in [0.4, 0.5) is 10.1 Å². The summed E-state index contributed by atoms with van der Waals surface area (Å²) in [4.78, 5) is 27.2. The number of rotatable bonds is 5. The standard InChI is InChI=1S/C20H28FN5O2/c1-4-23-12(3)13-7-8-24(10-13)18-11(2)17-15(9-16(18)21)19(27)26(22)20(28)25(17)14-5-6-14/h9,12-14,23H,4-8,10,22H2,1-3H3/t12-,13-/m0/s1. The van der Waals surface area contributed by atoms with Crippen LogP contribution in [0.1, 0.15) is 44.7 Å². The second kappa shape index (κ2) is 6.92. The minimum atomic E-state index is -0.648. The first-order valence-corrected chi connectivity index (χ1v) is 10.1. The molecule has 0 spiro atoms. The zero-order valence-electron chi connectivity index (χ0n) is 16.7. The number of anilines is 1. The van der Waals surface area contributed by atoms with Crippen molar-refractivity contribution in [3.8, 4) is 0 Å². The Morgan fingerprint density at radius 3 is 2.68 bits per heavy atom. The van der Waals surface area contributed by atoms with Crippen molar-refractivity contribution in [3.05, 3.63) is 38.3 Å². The highest BCUT2D eigenvalue weighted by Crippen LogP contribution is 2.39. The Kier molecular flexibility index (Phi) is 4.69. The Hall–Kier alpha value is -2.35. The first-order chi connectivity index (χ1) is 13.3. The van der Waals surface area contributed by atoms with Gasteiger partial charge in [0.05, 0.1) is 16.6 Å². The summed E-state index contributed by atoms with van der Waals surface area (Å²) in [6, 6.07) is 1.64. The molecule has 2 aromatic rings. The van der Waals surface area contributed by atoms with Gasteiger partial charge in [-0.1, -0.05) is 6.92 Å². The number of hydrogen-bond donors (Lipinski definition) is 2. The zero-order valence-corrected chi connectivity index (χ0v) is 16.7. The van der Waals surface area contributed by atoms with Crippen molar-refractivity contribution < 1.29 is 4.39 Å². The molecule has 4 rings (SSSR count). The highest BCUT2D eigenvalue weighted by molar-refractivity contribution is 5.87. The topological polar surface area (TPSA) is 85.3 Å². The lowest BCUT2D eigenvalue weighted by Gasteiger charge is -2.25. The molecule has 1 saturated carbocycles. The normalized spacial score (nSPS) is 20.9. The molecule has 1 aliphatic heterocycles. The predicted octanol–water partition coefficient (Wildman–Crippen LogP) is 1.48. The minimum absolute atomic E-state index is 0.0301. The third kappa shape index (κ3) is 2.90. The summed E-state index contributed by atoms with van der Waals surface area (Å²) < 4.78 is 17.3. The van der Waals surface area contributed by atoms with E-state index in [1.807, 2.05) is 0 Å². The fourth-order valence-corrected chi connectivity index (χ4v) is 4.61. The molecule has 0 bridgehead atoms. The summed E-state index contributed by atoms with van der Waals surface area (Å²) in [6.07, 6.45) is 2.71. The van der Waals surface area contributed by atoms with E-state index in [4.69, 9.17) is 5.84 Å². The third-order valence-corrected chi connectivity index (χ3v) is 6.25. The Labute approximate surface area is 162 Å². The van der Waals surface area contributed by atoms with Crippen molar-refractivity contribution >= 4 is 16.6 Å². The lowest BCUT2D eigenvalue weighted by molar-refractivity contribution is 0.410. The molecule has 0 amide bonds. The van der Waals surface area contributed by atoms with E-state index < -0.39 is 17.1 Å². The summed E-state index contributed by atoms with van der Waals surface area (Å²) in [5, 5.41) is 3.62. The molecule has 2 atom stereocenters. The van der Waals surface area contributed by atoms with Crippen molar-refractivity contribution in [1.29, 1.82) is 0 Å². The number of nitrogens with zero attached hydrogens (tertiary/aromatic N) is 3. The molecule has 3 N–H and O–H groups in total. The highest BCUT2D eigenvalue weighted by Gasteiger charge is 2.33. The molecule has 2 fully saturated rings. The van der Waals surface area contributed by atoms with Gasteiger partial charge in [-0.05, 0) is 51.6 Å². The van der Waals surface area contributed by atoms with Gasteiger partial charge in [0.2, 0.25) is 0 Å². The molecular formula is C20H28FN5O2. The Bertz CT molecular complexity index is 1040. The lowest BCUT2D eigenvalue weighted by atomic mass is 10.0. The van der Waals surface area contributed by atoms with Gasteiger partial charge in [-0.15, -0.1) is 0 Å². The van der Waals surface area contributed by atoms with Crippen LogP contribution in [0.25, 0.3) is 10.9 Å². The first-order valence-electron chi connectivity index (χ1n) is 10.1. The van der Waals surface area contributed by atoms with E-state index >= 15 is 4.39 Å². The monoisotopic (exact) mass is 389 g/mol. The Balaban J connectivity index is 1.85. The number of nitrogen functional groups attached to an aromatic ring is 1. The molecule has 152 valence electrons. The van der Waals surface area contributed by atoms with E-state index in [-0.39, 0.29) is 11.4 Å². The quantitative estimate of drug-likeness (QED) is 0.757. The number of hydrogen-bond acceptors (Lipinski definition) is 5. The van der Waals surface area contributed by atoms with Gasteiger partial charge in [-0.2, -0.15) is 4.68 Å². The molecule has 1 aromatic heterocycles. The fourth-order valence-electron chi connectivity index (χ4n) is 4.61. The summed E-state index contributed by atoms with van der Waals surface area (Å²) in [5.41, 5.74) is 0.500. The Morgan fingerprint density at radius 2 is 2.04 bits per heavy atom. The zero-order chi connectivity index (χ0) is 20.2. The highest BCUT2D eigenvalue weighted by atomic mass is 19.1. The molecule has 28 heavy (non-hydrogen) atoms. The van der Waals surface area contributed by atoms with E-state index in [9.17, 15) is 9.59 Å². The maximum Gasteiger partial charge on any atom is 0.350 e. The van der Waals surface area contributed by atoms with Crippen LogP contribution in [-0.4, -0.2) is 34.9 Å². The molecule has 1 aromatic carbocycles. The van der Waals surface area contributed by atoms with Gasteiger partial charge in [0.15, 0.2) is 0 Å². The number of fused-ring (bicyclic) bond motifs is 1. The first kappa shape index (κ1) is 19.0. The van der Waals surface area contributed by atoms with E-state index in [1.165, 1.54) is 6.07 Å². The number of aromatic nitrogens is 2. The smallest absolute Gasteiger partial charge is 0.350 e. The number of nitrogens with one attached hydrogen (secondary N) is 1. The number of aryl methyl sites for hydroxylation is 1. The van der Waals surface area contributed by atoms with Gasteiger partial charge in [-0.25, -0.2) is 9.18 Å².